The fourth-order valence-electron chi connectivity index (χ4n) is 2.19. The van der Waals surface area contributed by atoms with Gasteiger partial charge in [0.1, 0.15) is 0 Å². The Morgan fingerprint density at radius 1 is 1.26 bits per heavy atom. The number of aromatic carboxylic acids is 1. The van der Waals surface area contributed by atoms with Crippen LogP contribution in [-0.4, -0.2) is 26.0 Å². The van der Waals surface area contributed by atoms with Gasteiger partial charge >= 0.3 is 5.97 Å². The summed E-state index contributed by atoms with van der Waals surface area (Å²) < 4.78 is 27.4. The lowest BCUT2D eigenvalue weighted by Gasteiger charge is -2.03. The van der Waals surface area contributed by atoms with E-state index in [1.165, 1.54) is 30.5 Å². The zero-order valence-corrected chi connectivity index (χ0v) is 11.5. The van der Waals surface area contributed by atoms with Gasteiger partial charge in [-0.05, 0) is 24.3 Å². The second-order valence-corrected chi connectivity index (χ2v) is 4.68. The van der Waals surface area contributed by atoms with Gasteiger partial charge in [-0.3, -0.25) is 0 Å². The SMILES string of the molecule is Nc1nccc(-c2cc(C(=O)O)c(-c3cccc(F)c3F)[nH]2)n1. The molecule has 0 unspecified atom stereocenters. The molecule has 3 rings (SSSR count). The van der Waals surface area contributed by atoms with E-state index in [9.17, 15) is 18.7 Å². The van der Waals surface area contributed by atoms with E-state index in [2.05, 4.69) is 15.0 Å². The lowest BCUT2D eigenvalue weighted by Crippen LogP contribution is -1.99. The molecule has 4 N–H and O–H groups in total. The van der Waals surface area contributed by atoms with E-state index in [1.807, 2.05) is 0 Å². The number of rotatable bonds is 3. The highest BCUT2D eigenvalue weighted by Crippen LogP contribution is 2.30. The maximum absolute atomic E-state index is 14.0. The lowest BCUT2D eigenvalue weighted by molar-refractivity contribution is 0.0698. The van der Waals surface area contributed by atoms with Crippen molar-refractivity contribution in [2.75, 3.05) is 5.73 Å². The molecule has 6 nitrogen and oxygen atoms in total. The summed E-state index contributed by atoms with van der Waals surface area (Å²) in [6.45, 7) is 0. The molecule has 2 aromatic heterocycles. The Bertz CT molecular complexity index is 908. The van der Waals surface area contributed by atoms with Crippen molar-refractivity contribution in [3.8, 4) is 22.6 Å². The van der Waals surface area contributed by atoms with Crippen LogP contribution in [0, 0.1) is 11.6 Å². The van der Waals surface area contributed by atoms with Gasteiger partial charge in [-0.2, -0.15) is 0 Å². The van der Waals surface area contributed by atoms with E-state index < -0.39 is 17.6 Å². The monoisotopic (exact) mass is 316 g/mol. The first-order chi connectivity index (χ1) is 11.0. The van der Waals surface area contributed by atoms with Gasteiger partial charge in [0.2, 0.25) is 5.95 Å². The zero-order chi connectivity index (χ0) is 16.6. The summed E-state index contributed by atoms with van der Waals surface area (Å²) >= 11 is 0. The third-order valence-corrected chi connectivity index (χ3v) is 3.22. The number of carbonyl (C=O) groups is 1. The van der Waals surface area contributed by atoms with Crippen molar-refractivity contribution in [3.63, 3.8) is 0 Å². The van der Waals surface area contributed by atoms with Crippen LogP contribution in [0.3, 0.4) is 0 Å². The second kappa shape index (κ2) is 5.48. The van der Waals surface area contributed by atoms with Gasteiger partial charge in [-0.25, -0.2) is 23.5 Å². The highest BCUT2D eigenvalue weighted by atomic mass is 19.2. The molecule has 0 fully saturated rings. The van der Waals surface area contributed by atoms with Gasteiger partial charge in [0.15, 0.2) is 11.6 Å². The second-order valence-electron chi connectivity index (χ2n) is 4.68. The van der Waals surface area contributed by atoms with Crippen molar-refractivity contribution < 1.29 is 18.7 Å². The van der Waals surface area contributed by atoms with Crippen LogP contribution >= 0.6 is 0 Å². The van der Waals surface area contributed by atoms with Crippen LogP contribution in [0.5, 0.6) is 0 Å². The van der Waals surface area contributed by atoms with Crippen LogP contribution in [0.1, 0.15) is 10.4 Å². The van der Waals surface area contributed by atoms with Crippen LogP contribution in [0.2, 0.25) is 0 Å². The van der Waals surface area contributed by atoms with Crippen LogP contribution in [0.15, 0.2) is 36.5 Å². The smallest absolute Gasteiger partial charge is 0.337 e. The van der Waals surface area contributed by atoms with Gasteiger partial charge in [-0.15, -0.1) is 0 Å². The molecule has 0 aliphatic carbocycles. The largest absolute Gasteiger partial charge is 0.478 e. The van der Waals surface area contributed by atoms with E-state index >= 15 is 0 Å². The number of anilines is 1. The molecule has 0 atom stereocenters. The fraction of sp³-hybridized carbons (Fsp3) is 0. The molecule has 2 heterocycles. The predicted octanol–water partition coefficient (Wildman–Crippen LogP) is 2.70. The first-order valence-electron chi connectivity index (χ1n) is 6.47. The maximum atomic E-state index is 14.0. The van der Waals surface area contributed by atoms with Gasteiger partial charge in [0, 0.05) is 11.8 Å². The van der Waals surface area contributed by atoms with Crippen LogP contribution < -0.4 is 5.73 Å². The van der Waals surface area contributed by atoms with Crippen molar-refractivity contribution in [1.82, 2.24) is 15.0 Å². The third-order valence-electron chi connectivity index (χ3n) is 3.22. The number of aromatic nitrogens is 3. The van der Waals surface area contributed by atoms with E-state index in [0.29, 0.717) is 11.4 Å². The number of benzene rings is 1. The molecule has 0 radical (unpaired) electrons. The Balaban J connectivity index is 2.21. The number of halogens is 2. The number of carboxylic acid groups (broad SMARTS) is 1. The summed E-state index contributed by atoms with van der Waals surface area (Å²) in [6, 6.07) is 6.33. The molecule has 1 aromatic carbocycles. The van der Waals surface area contributed by atoms with E-state index in [1.54, 1.807) is 0 Å². The molecule has 23 heavy (non-hydrogen) atoms. The molecule has 0 saturated carbocycles. The molecular weight excluding hydrogens is 306 g/mol. The summed E-state index contributed by atoms with van der Waals surface area (Å²) in [5.41, 5.74) is 5.69. The summed E-state index contributed by atoms with van der Waals surface area (Å²) in [7, 11) is 0. The lowest BCUT2D eigenvalue weighted by atomic mass is 10.1. The minimum absolute atomic E-state index is 0.00691. The van der Waals surface area contributed by atoms with Crippen molar-refractivity contribution in [1.29, 1.82) is 0 Å². The predicted molar refractivity (Wildman–Crippen MR) is 78.5 cm³/mol. The molecular formula is C15H10F2N4O2. The van der Waals surface area contributed by atoms with Crippen LogP contribution in [0.25, 0.3) is 22.6 Å². The molecule has 0 aliphatic heterocycles. The number of hydrogen-bond acceptors (Lipinski definition) is 4. The molecule has 0 aliphatic rings. The number of aromatic amines is 1. The van der Waals surface area contributed by atoms with Gasteiger partial charge in [-0.1, -0.05) is 6.07 Å². The van der Waals surface area contributed by atoms with Gasteiger partial charge in [0.05, 0.1) is 22.6 Å². The van der Waals surface area contributed by atoms with Crippen LogP contribution in [-0.2, 0) is 0 Å². The first-order valence-corrected chi connectivity index (χ1v) is 6.47. The zero-order valence-electron chi connectivity index (χ0n) is 11.5. The van der Waals surface area contributed by atoms with Crippen LogP contribution in [0.4, 0.5) is 14.7 Å². The molecule has 0 bridgehead atoms. The Labute approximate surface area is 128 Å². The maximum Gasteiger partial charge on any atom is 0.337 e. The average Bonchev–Trinajstić information content (AvgIpc) is 2.95. The Morgan fingerprint density at radius 3 is 2.74 bits per heavy atom. The molecule has 0 spiro atoms. The minimum Gasteiger partial charge on any atom is -0.478 e. The van der Waals surface area contributed by atoms with Crippen molar-refractivity contribution >= 4 is 11.9 Å². The average molecular weight is 316 g/mol. The van der Waals surface area contributed by atoms with Crippen molar-refractivity contribution in [2.45, 2.75) is 0 Å². The quantitative estimate of drug-likeness (QED) is 0.689. The summed E-state index contributed by atoms with van der Waals surface area (Å²) in [5.74, 6) is -3.48. The number of nitrogen functional groups attached to an aromatic ring is 1. The Hall–Kier alpha value is -3.29. The number of hydrogen-bond donors (Lipinski definition) is 3. The van der Waals surface area contributed by atoms with E-state index in [4.69, 9.17) is 5.73 Å². The molecule has 116 valence electrons. The number of carboxylic acids is 1. The van der Waals surface area contributed by atoms with Crippen molar-refractivity contribution in [2.24, 2.45) is 0 Å². The molecule has 0 saturated heterocycles. The van der Waals surface area contributed by atoms with Gasteiger partial charge < -0.3 is 15.8 Å². The summed E-state index contributed by atoms with van der Waals surface area (Å²) in [6.07, 6.45) is 1.40. The highest BCUT2D eigenvalue weighted by Gasteiger charge is 2.21. The highest BCUT2D eigenvalue weighted by molar-refractivity contribution is 5.97. The molecule has 8 heteroatoms. The molecule has 0 amide bonds. The number of nitrogens with two attached hydrogens (primary N) is 1. The number of H-pyrrole nitrogens is 1. The van der Waals surface area contributed by atoms with E-state index in [-0.39, 0.29) is 22.8 Å². The van der Waals surface area contributed by atoms with E-state index in [0.717, 1.165) is 6.07 Å². The Morgan fingerprint density at radius 2 is 2.04 bits per heavy atom. The normalized spacial score (nSPS) is 10.7. The number of nitrogens with one attached hydrogen (secondary N) is 1. The summed E-state index contributed by atoms with van der Waals surface area (Å²) in [5, 5.41) is 9.31. The standard InChI is InChI=1S/C15H10F2N4O2/c16-9-3-1-2-7(12(9)17)13-8(14(22)23)6-11(20-13)10-4-5-19-15(18)21-10/h1-6,20H,(H,22,23)(H2,18,19,21). The third kappa shape index (κ3) is 2.61. The summed E-state index contributed by atoms with van der Waals surface area (Å²) in [4.78, 5) is 21.9. The topological polar surface area (TPSA) is 105 Å². The number of nitrogens with zero attached hydrogens (tertiary/aromatic N) is 2. The Kier molecular flexibility index (Phi) is 3.49. The minimum atomic E-state index is -1.28. The van der Waals surface area contributed by atoms with Gasteiger partial charge in [0.25, 0.3) is 0 Å². The molecule has 3 aromatic rings. The first kappa shape index (κ1) is 14.6. The fourth-order valence-corrected chi connectivity index (χ4v) is 2.19. The van der Waals surface area contributed by atoms with Crippen molar-refractivity contribution in [3.05, 3.63) is 53.7 Å².